The minimum atomic E-state index is -4.69. The molecule has 0 aromatic heterocycles. The van der Waals surface area contributed by atoms with Crippen molar-refractivity contribution in [2.45, 2.75) is 26.6 Å². The summed E-state index contributed by atoms with van der Waals surface area (Å²) in [6.07, 6.45) is -4.69. The summed E-state index contributed by atoms with van der Waals surface area (Å²) in [6, 6.07) is 3.01. The molecule has 6 heteroatoms. The fourth-order valence-electron chi connectivity index (χ4n) is 2.04. The molecule has 0 heterocycles. The summed E-state index contributed by atoms with van der Waals surface area (Å²) in [5, 5.41) is 9.17. The summed E-state index contributed by atoms with van der Waals surface area (Å²) in [6.45, 7) is 4.47. The number of hydrogen-bond donors (Lipinski definition) is 1. The zero-order valence-corrected chi connectivity index (χ0v) is 11.8. The van der Waals surface area contributed by atoms with Crippen molar-refractivity contribution in [3.05, 3.63) is 35.1 Å². The lowest BCUT2D eigenvalue weighted by Crippen LogP contribution is -2.33. The fraction of sp³-hybridized carbons (Fsp3) is 0.571. The second-order valence-corrected chi connectivity index (χ2v) is 5.81. The van der Waals surface area contributed by atoms with Crippen molar-refractivity contribution in [1.29, 1.82) is 0 Å². The number of aliphatic hydroxyl groups is 1. The molecule has 1 N–H and O–H groups in total. The largest absolute Gasteiger partial charge is 0.419 e. The van der Waals surface area contributed by atoms with Gasteiger partial charge in [0.05, 0.1) is 5.56 Å². The molecule has 0 fully saturated rings. The molecular weight excluding hydrogens is 274 g/mol. The van der Waals surface area contributed by atoms with Gasteiger partial charge in [0, 0.05) is 25.1 Å². The smallest absolute Gasteiger partial charge is 0.396 e. The zero-order chi connectivity index (χ0) is 15.6. The van der Waals surface area contributed by atoms with Gasteiger partial charge in [0.1, 0.15) is 5.82 Å². The average Bonchev–Trinajstić information content (AvgIpc) is 2.29. The van der Waals surface area contributed by atoms with Gasteiger partial charge in [-0.05, 0) is 24.7 Å². The summed E-state index contributed by atoms with van der Waals surface area (Å²) in [5.41, 5.74) is -1.21. The summed E-state index contributed by atoms with van der Waals surface area (Å²) >= 11 is 0. The van der Waals surface area contributed by atoms with E-state index in [0.29, 0.717) is 12.1 Å². The van der Waals surface area contributed by atoms with Crippen molar-refractivity contribution in [3.8, 4) is 0 Å². The molecule has 0 bridgehead atoms. The Bertz CT molecular complexity index is 457. The van der Waals surface area contributed by atoms with Gasteiger partial charge in [-0.15, -0.1) is 0 Å². The van der Waals surface area contributed by atoms with Crippen molar-refractivity contribution in [2.24, 2.45) is 5.41 Å². The number of nitrogens with zero attached hydrogens (tertiary/aromatic N) is 1. The van der Waals surface area contributed by atoms with E-state index in [2.05, 4.69) is 0 Å². The first kappa shape index (κ1) is 16.9. The number of aliphatic hydroxyl groups excluding tert-OH is 1. The highest BCUT2D eigenvalue weighted by atomic mass is 19.4. The maximum atomic E-state index is 13.2. The van der Waals surface area contributed by atoms with E-state index in [4.69, 9.17) is 0 Å². The van der Waals surface area contributed by atoms with Crippen LogP contribution >= 0.6 is 0 Å². The van der Waals surface area contributed by atoms with Crippen LogP contribution in [0.3, 0.4) is 0 Å². The Morgan fingerprint density at radius 2 is 1.80 bits per heavy atom. The molecule has 1 aromatic rings. The highest BCUT2D eigenvalue weighted by Gasteiger charge is 2.34. The maximum Gasteiger partial charge on any atom is 0.419 e. The molecule has 0 saturated carbocycles. The van der Waals surface area contributed by atoms with Crippen molar-refractivity contribution in [3.63, 3.8) is 0 Å². The van der Waals surface area contributed by atoms with Crippen molar-refractivity contribution >= 4 is 0 Å². The van der Waals surface area contributed by atoms with Gasteiger partial charge in [0.25, 0.3) is 0 Å². The summed E-state index contributed by atoms with van der Waals surface area (Å²) in [5.74, 6) is -1.26. The van der Waals surface area contributed by atoms with Crippen LogP contribution in [0.2, 0.25) is 0 Å². The van der Waals surface area contributed by atoms with Crippen molar-refractivity contribution < 1.29 is 22.7 Å². The normalized spacial score (nSPS) is 13.1. The molecule has 2 nitrogen and oxygen atoms in total. The molecule has 0 spiro atoms. The van der Waals surface area contributed by atoms with E-state index in [1.165, 1.54) is 6.07 Å². The van der Waals surface area contributed by atoms with Gasteiger partial charge in [0.15, 0.2) is 0 Å². The molecule has 0 saturated heterocycles. The highest BCUT2D eigenvalue weighted by Crippen LogP contribution is 2.32. The third-order valence-electron chi connectivity index (χ3n) is 2.91. The van der Waals surface area contributed by atoms with Crippen LogP contribution in [-0.4, -0.2) is 30.2 Å². The van der Waals surface area contributed by atoms with E-state index in [9.17, 15) is 22.7 Å². The molecular formula is C14H19F4NO. The molecule has 0 aliphatic carbocycles. The van der Waals surface area contributed by atoms with E-state index in [1.54, 1.807) is 11.9 Å². The first-order chi connectivity index (χ1) is 9.05. The van der Waals surface area contributed by atoms with Crippen LogP contribution in [0.25, 0.3) is 0 Å². The maximum absolute atomic E-state index is 13.2. The van der Waals surface area contributed by atoms with E-state index in [-0.39, 0.29) is 18.6 Å². The summed E-state index contributed by atoms with van der Waals surface area (Å²) < 4.78 is 51.0. The Balaban J connectivity index is 2.84. The molecule has 0 radical (unpaired) electrons. The zero-order valence-electron chi connectivity index (χ0n) is 11.8. The molecule has 1 aromatic carbocycles. The second kappa shape index (κ2) is 6.10. The van der Waals surface area contributed by atoms with E-state index >= 15 is 0 Å². The first-order valence-corrected chi connectivity index (χ1v) is 6.20. The van der Waals surface area contributed by atoms with Gasteiger partial charge in [0.2, 0.25) is 0 Å². The average molecular weight is 293 g/mol. The SMILES string of the molecule is CN(Cc1ccc(F)c(C(F)(F)F)c1)CC(C)(C)CO. The van der Waals surface area contributed by atoms with Crippen molar-refractivity contribution in [1.82, 2.24) is 4.90 Å². The lowest BCUT2D eigenvalue weighted by molar-refractivity contribution is -0.140. The van der Waals surface area contributed by atoms with Gasteiger partial charge in [-0.3, -0.25) is 0 Å². The lowest BCUT2D eigenvalue weighted by atomic mass is 9.94. The summed E-state index contributed by atoms with van der Waals surface area (Å²) in [7, 11) is 1.74. The second-order valence-electron chi connectivity index (χ2n) is 5.81. The Kier molecular flexibility index (Phi) is 5.15. The monoisotopic (exact) mass is 293 g/mol. The minimum Gasteiger partial charge on any atom is -0.396 e. The lowest BCUT2D eigenvalue weighted by Gasteiger charge is -2.28. The Morgan fingerprint density at radius 1 is 1.20 bits per heavy atom. The number of benzene rings is 1. The van der Waals surface area contributed by atoms with E-state index in [0.717, 1.165) is 12.1 Å². The topological polar surface area (TPSA) is 23.5 Å². The van der Waals surface area contributed by atoms with Crippen LogP contribution in [0.15, 0.2) is 18.2 Å². The van der Waals surface area contributed by atoms with Gasteiger partial charge in [-0.2, -0.15) is 13.2 Å². The van der Waals surface area contributed by atoms with Crippen LogP contribution in [0.1, 0.15) is 25.0 Å². The number of halogens is 4. The third kappa shape index (κ3) is 4.76. The highest BCUT2D eigenvalue weighted by molar-refractivity contribution is 5.27. The van der Waals surface area contributed by atoms with Gasteiger partial charge in [-0.1, -0.05) is 19.9 Å². The van der Waals surface area contributed by atoms with Crippen LogP contribution in [0.5, 0.6) is 0 Å². The first-order valence-electron chi connectivity index (χ1n) is 6.20. The number of alkyl halides is 3. The fourth-order valence-corrected chi connectivity index (χ4v) is 2.04. The molecule has 0 aliphatic rings. The molecule has 0 amide bonds. The predicted molar refractivity (Wildman–Crippen MR) is 68.6 cm³/mol. The molecule has 114 valence electrons. The van der Waals surface area contributed by atoms with E-state index in [1.807, 2.05) is 13.8 Å². The Labute approximate surface area is 116 Å². The Morgan fingerprint density at radius 3 is 2.30 bits per heavy atom. The molecule has 0 aliphatic heterocycles. The Hall–Kier alpha value is -1.14. The van der Waals surface area contributed by atoms with E-state index < -0.39 is 17.6 Å². The molecule has 20 heavy (non-hydrogen) atoms. The van der Waals surface area contributed by atoms with Crippen LogP contribution < -0.4 is 0 Å². The van der Waals surface area contributed by atoms with Crippen LogP contribution in [0, 0.1) is 11.2 Å². The quantitative estimate of drug-likeness (QED) is 0.842. The molecule has 0 unspecified atom stereocenters. The number of hydrogen-bond acceptors (Lipinski definition) is 2. The van der Waals surface area contributed by atoms with Crippen molar-refractivity contribution in [2.75, 3.05) is 20.2 Å². The molecule has 1 rings (SSSR count). The molecule has 0 atom stereocenters. The predicted octanol–water partition coefficient (Wildman–Crippen LogP) is 3.29. The van der Waals surface area contributed by atoms with Crippen LogP contribution in [-0.2, 0) is 12.7 Å². The third-order valence-corrected chi connectivity index (χ3v) is 2.91. The van der Waals surface area contributed by atoms with Gasteiger partial charge < -0.3 is 10.0 Å². The minimum absolute atomic E-state index is 0.0193. The standard InChI is InChI=1S/C14H19F4NO/c1-13(2,9-20)8-19(3)7-10-4-5-12(15)11(6-10)14(16,17)18/h4-6,20H,7-9H2,1-3H3. The van der Waals surface area contributed by atoms with Crippen LogP contribution in [0.4, 0.5) is 17.6 Å². The van der Waals surface area contributed by atoms with Gasteiger partial charge >= 0.3 is 6.18 Å². The van der Waals surface area contributed by atoms with Gasteiger partial charge in [-0.25, -0.2) is 4.39 Å². The summed E-state index contributed by atoms with van der Waals surface area (Å²) in [4.78, 5) is 1.80. The number of rotatable bonds is 5.